The van der Waals surface area contributed by atoms with Gasteiger partial charge in [-0.3, -0.25) is 9.99 Å². The predicted molar refractivity (Wildman–Crippen MR) is 101 cm³/mol. The average Bonchev–Trinajstić information content (AvgIpc) is 3.30. The van der Waals surface area contributed by atoms with Crippen molar-refractivity contribution in [2.24, 2.45) is 5.10 Å². The summed E-state index contributed by atoms with van der Waals surface area (Å²) in [7, 11) is 0. The Hall–Kier alpha value is -3.43. The molecular formula is C18H17N7O4. The van der Waals surface area contributed by atoms with Crippen molar-refractivity contribution in [2.75, 3.05) is 12.0 Å². The summed E-state index contributed by atoms with van der Waals surface area (Å²) in [4.78, 5) is 12.5. The van der Waals surface area contributed by atoms with Crippen LogP contribution in [-0.4, -0.2) is 66.0 Å². The zero-order valence-electron chi connectivity index (χ0n) is 15.0. The van der Waals surface area contributed by atoms with Crippen molar-refractivity contribution >= 4 is 23.2 Å². The Morgan fingerprint density at radius 2 is 2.07 bits per heavy atom. The van der Waals surface area contributed by atoms with Crippen molar-refractivity contribution in [2.45, 2.75) is 24.5 Å². The number of fused-ring (bicyclic) bond motifs is 1. The van der Waals surface area contributed by atoms with Crippen LogP contribution in [0.3, 0.4) is 0 Å². The van der Waals surface area contributed by atoms with Crippen LogP contribution in [0.4, 0.5) is 5.82 Å². The first-order chi connectivity index (χ1) is 14.1. The molecule has 1 unspecified atom stereocenters. The Balaban J connectivity index is 1.60. The number of aliphatic hydroxyl groups excluding tert-OH is 3. The first-order valence-electron chi connectivity index (χ1n) is 8.72. The summed E-state index contributed by atoms with van der Waals surface area (Å²) >= 11 is 0. The van der Waals surface area contributed by atoms with Gasteiger partial charge in [0.15, 0.2) is 23.2 Å². The molecule has 4 rings (SSSR count). The first kappa shape index (κ1) is 18.9. The number of nitrogens with one attached hydrogen (secondary N) is 1. The molecule has 1 aliphatic heterocycles. The van der Waals surface area contributed by atoms with E-state index in [1.807, 2.05) is 0 Å². The van der Waals surface area contributed by atoms with Gasteiger partial charge >= 0.3 is 0 Å². The molecule has 11 nitrogen and oxygen atoms in total. The van der Waals surface area contributed by atoms with Crippen LogP contribution in [0, 0.1) is 11.3 Å². The predicted octanol–water partition coefficient (Wildman–Crippen LogP) is -0.245. The number of aromatic nitrogens is 4. The Labute approximate surface area is 164 Å². The molecule has 0 aliphatic carbocycles. The maximum absolute atomic E-state index is 10.2. The van der Waals surface area contributed by atoms with Crippen molar-refractivity contribution in [1.82, 2.24) is 19.5 Å². The molecule has 0 saturated carbocycles. The number of nitrogens with zero attached hydrogens (tertiary/aromatic N) is 6. The lowest BCUT2D eigenvalue weighted by Crippen LogP contribution is -2.33. The third-order valence-electron chi connectivity index (χ3n) is 4.61. The SMILES string of the molecule is N#Cc1ccccc1/C=N\Nc1ncnc2c1ncn2C1O[C@H](CO)[C@@H](O)[C@H]1O. The minimum Gasteiger partial charge on any atom is -0.394 e. The average molecular weight is 395 g/mol. The van der Waals surface area contributed by atoms with Crippen molar-refractivity contribution in [3.05, 3.63) is 48.0 Å². The van der Waals surface area contributed by atoms with E-state index in [4.69, 9.17) is 10.00 Å². The molecule has 1 fully saturated rings. The Bertz CT molecular complexity index is 1090. The lowest BCUT2D eigenvalue weighted by molar-refractivity contribution is -0.0511. The quantitative estimate of drug-likeness (QED) is 0.337. The van der Waals surface area contributed by atoms with E-state index in [0.29, 0.717) is 28.1 Å². The number of nitriles is 1. The maximum atomic E-state index is 10.2. The van der Waals surface area contributed by atoms with Crippen LogP contribution in [-0.2, 0) is 4.74 Å². The molecule has 4 atom stereocenters. The molecule has 1 saturated heterocycles. The van der Waals surface area contributed by atoms with E-state index in [0.717, 1.165) is 0 Å². The summed E-state index contributed by atoms with van der Waals surface area (Å²) in [6.07, 6.45) is -0.154. The Kier molecular flexibility index (Phi) is 5.15. The lowest BCUT2D eigenvalue weighted by atomic mass is 10.1. The van der Waals surface area contributed by atoms with E-state index in [1.165, 1.54) is 23.4 Å². The van der Waals surface area contributed by atoms with Crippen LogP contribution in [0.15, 0.2) is 42.0 Å². The molecule has 0 spiro atoms. The number of hydrazone groups is 1. The van der Waals surface area contributed by atoms with E-state index >= 15 is 0 Å². The molecule has 148 valence electrons. The number of aliphatic hydroxyl groups is 3. The van der Waals surface area contributed by atoms with Crippen LogP contribution in [0.5, 0.6) is 0 Å². The lowest BCUT2D eigenvalue weighted by Gasteiger charge is -2.16. The van der Waals surface area contributed by atoms with Gasteiger partial charge in [0.05, 0.1) is 30.8 Å². The zero-order chi connectivity index (χ0) is 20.4. The van der Waals surface area contributed by atoms with Gasteiger partial charge in [0.2, 0.25) is 0 Å². The number of ether oxygens (including phenoxy) is 1. The number of benzene rings is 1. The highest BCUT2D eigenvalue weighted by atomic mass is 16.6. The maximum Gasteiger partial charge on any atom is 0.177 e. The summed E-state index contributed by atoms with van der Waals surface area (Å²) in [6, 6.07) is 9.10. The van der Waals surface area contributed by atoms with Gasteiger partial charge in [0.1, 0.15) is 24.6 Å². The van der Waals surface area contributed by atoms with Crippen LogP contribution in [0.25, 0.3) is 11.2 Å². The first-order valence-corrected chi connectivity index (χ1v) is 8.72. The molecule has 0 radical (unpaired) electrons. The van der Waals surface area contributed by atoms with Gasteiger partial charge in [0.25, 0.3) is 0 Å². The highest BCUT2D eigenvalue weighted by Gasteiger charge is 2.44. The summed E-state index contributed by atoms with van der Waals surface area (Å²) in [5.74, 6) is 0.311. The van der Waals surface area contributed by atoms with Crippen LogP contribution >= 0.6 is 0 Å². The molecule has 11 heteroatoms. The fraction of sp³-hybridized carbons (Fsp3) is 0.278. The van der Waals surface area contributed by atoms with E-state index in [2.05, 4.69) is 31.5 Å². The third-order valence-corrected chi connectivity index (χ3v) is 4.61. The fourth-order valence-electron chi connectivity index (χ4n) is 3.10. The fourth-order valence-corrected chi connectivity index (χ4v) is 3.10. The topological polar surface area (TPSA) is 162 Å². The summed E-state index contributed by atoms with van der Waals surface area (Å²) in [6.45, 7) is -0.429. The molecule has 3 heterocycles. The highest BCUT2D eigenvalue weighted by molar-refractivity contribution is 5.86. The van der Waals surface area contributed by atoms with Crippen molar-refractivity contribution in [3.8, 4) is 6.07 Å². The molecule has 4 N–H and O–H groups in total. The molecule has 0 amide bonds. The summed E-state index contributed by atoms with van der Waals surface area (Å²) in [5, 5.41) is 42.7. The second kappa shape index (κ2) is 7.90. The second-order valence-electron chi connectivity index (χ2n) is 6.34. The third kappa shape index (κ3) is 3.41. The molecule has 0 bridgehead atoms. The molecular weight excluding hydrogens is 378 g/mol. The number of anilines is 1. The van der Waals surface area contributed by atoms with Crippen molar-refractivity contribution in [3.63, 3.8) is 0 Å². The van der Waals surface area contributed by atoms with Gasteiger partial charge in [-0.2, -0.15) is 10.4 Å². The highest BCUT2D eigenvalue weighted by Crippen LogP contribution is 2.32. The van der Waals surface area contributed by atoms with Gasteiger partial charge < -0.3 is 20.1 Å². The van der Waals surface area contributed by atoms with Gasteiger partial charge in [-0.25, -0.2) is 15.0 Å². The van der Waals surface area contributed by atoms with E-state index in [9.17, 15) is 15.3 Å². The minimum absolute atomic E-state index is 0.311. The smallest absolute Gasteiger partial charge is 0.177 e. The second-order valence-corrected chi connectivity index (χ2v) is 6.34. The molecule has 3 aromatic rings. The van der Waals surface area contributed by atoms with Gasteiger partial charge in [-0.1, -0.05) is 18.2 Å². The largest absolute Gasteiger partial charge is 0.394 e. The van der Waals surface area contributed by atoms with Crippen LogP contribution in [0.1, 0.15) is 17.4 Å². The van der Waals surface area contributed by atoms with Crippen LogP contribution in [0.2, 0.25) is 0 Å². The Morgan fingerprint density at radius 3 is 2.83 bits per heavy atom. The number of hydrogen-bond donors (Lipinski definition) is 4. The standard InChI is InChI=1S/C18H17N7O4/c19-5-10-3-1-2-4-11(10)6-23-24-16-13-17(21-8-20-16)25(9-22-13)18-15(28)14(27)12(7-26)29-18/h1-4,6,8-9,12,14-15,18,26-28H,7H2,(H,20,21,24)/b23-6-/t12-,14-,15-,18?/m1/s1. The number of hydrogen-bond acceptors (Lipinski definition) is 10. The molecule has 1 aromatic carbocycles. The summed E-state index contributed by atoms with van der Waals surface area (Å²) < 4.78 is 6.98. The number of imidazole rings is 1. The minimum atomic E-state index is -1.25. The van der Waals surface area contributed by atoms with E-state index in [-0.39, 0.29) is 0 Å². The van der Waals surface area contributed by atoms with Gasteiger partial charge in [0, 0.05) is 5.56 Å². The zero-order valence-corrected chi connectivity index (χ0v) is 15.0. The van der Waals surface area contributed by atoms with Crippen LogP contribution < -0.4 is 5.43 Å². The van der Waals surface area contributed by atoms with Gasteiger partial charge in [-0.05, 0) is 6.07 Å². The normalized spacial score (nSPS) is 24.2. The summed E-state index contributed by atoms with van der Waals surface area (Å²) in [5.41, 5.74) is 4.62. The molecule has 29 heavy (non-hydrogen) atoms. The van der Waals surface area contributed by atoms with E-state index < -0.39 is 31.1 Å². The van der Waals surface area contributed by atoms with Crippen molar-refractivity contribution < 1.29 is 20.1 Å². The molecule has 1 aliphatic rings. The monoisotopic (exact) mass is 395 g/mol. The molecule has 2 aromatic heterocycles. The van der Waals surface area contributed by atoms with E-state index in [1.54, 1.807) is 24.3 Å². The number of rotatable bonds is 5. The Morgan fingerprint density at radius 1 is 1.24 bits per heavy atom. The van der Waals surface area contributed by atoms with Gasteiger partial charge in [-0.15, -0.1) is 0 Å². The van der Waals surface area contributed by atoms with Crippen molar-refractivity contribution in [1.29, 1.82) is 5.26 Å².